The van der Waals surface area contributed by atoms with Gasteiger partial charge in [0.25, 0.3) is 0 Å². The van der Waals surface area contributed by atoms with Crippen molar-refractivity contribution in [3.63, 3.8) is 0 Å². The Morgan fingerprint density at radius 1 is 1.32 bits per heavy atom. The lowest BCUT2D eigenvalue weighted by molar-refractivity contribution is 0.0462. The summed E-state index contributed by atoms with van der Waals surface area (Å²) in [4.78, 5) is 6.73. The van der Waals surface area contributed by atoms with Gasteiger partial charge in [0, 0.05) is 37.6 Å². The van der Waals surface area contributed by atoms with Gasteiger partial charge in [0.15, 0.2) is 0 Å². The molecule has 2 aromatic heterocycles. The Labute approximate surface area is 148 Å². The SMILES string of the molecule is Cn1cc(CN2CCC3(CC2)CO[C@H](COc2ccccn2)C3)cn1. The number of hydrogen-bond donors (Lipinski definition) is 0. The average Bonchev–Trinajstić information content (AvgIpc) is 3.23. The molecule has 0 aliphatic carbocycles. The lowest BCUT2D eigenvalue weighted by Crippen LogP contribution is -2.40. The number of pyridine rings is 1. The monoisotopic (exact) mass is 342 g/mol. The van der Waals surface area contributed by atoms with Gasteiger partial charge in [-0.25, -0.2) is 4.98 Å². The van der Waals surface area contributed by atoms with Gasteiger partial charge < -0.3 is 9.47 Å². The predicted molar refractivity (Wildman–Crippen MR) is 94.2 cm³/mol. The minimum Gasteiger partial charge on any atom is -0.475 e. The first-order chi connectivity index (χ1) is 12.2. The first kappa shape index (κ1) is 16.5. The molecule has 0 bridgehead atoms. The molecule has 1 atom stereocenters. The van der Waals surface area contributed by atoms with Gasteiger partial charge in [-0.2, -0.15) is 5.10 Å². The van der Waals surface area contributed by atoms with E-state index in [9.17, 15) is 0 Å². The number of nitrogens with zero attached hydrogens (tertiary/aromatic N) is 4. The fraction of sp³-hybridized carbons (Fsp3) is 0.579. The van der Waals surface area contributed by atoms with Crippen LogP contribution in [0.5, 0.6) is 5.88 Å². The molecule has 2 fully saturated rings. The summed E-state index contributed by atoms with van der Waals surface area (Å²) >= 11 is 0. The smallest absolute Gasteiger partial charge is 0.213 e. The van der Waals surface area contributed by atoms with Gasteiger partial charge in [-0.05, 0) is 43.8 Å². The zero-order valence-electron chi connectivity index (χ0n) is 14.8. The van der Waals surface area contributed by atoms with Crippen molar-refractivity contribution in [2.75, 3.05) is 26.3 Å². The summed E-state index contributed by atoms with van der Waals surface area (Å²) in [6, 6.07) is 5.73. The maximum Gasteiger partial charge on any atom is 0.213 e. The molecule has 1 spiro atoms. The van der Waals surface area contributed by atoms with Crippen LogP contribution in [0.2, 0.25) is 0 Å². The Bertz CT molecular complexity index is 680. The second-order valence-electron chi connectivity index (χ2n) is 7.41. The Balaban J connectivity index is 1.24. The summed E-state index contributed by atoms with van der Waals surface area (Å²) in [7, 11) is 1.97. The molecular weight excluding hydrogens is 316 g/mol. The summed E-state index contributed by atoms with van der Waals surface area (Å²) < 4.78 is 13.7. The second kappa shape index (κ2) is 7.14. The van der Waals surface area contributed by atoms with Crippen LogP contribution in [0, 0.1) is 5.41 Å². The molecule has 134 valence electrons. The predicted octanol–water partition coefficient (Wildman–Crippen LogP) is 2.27. The van der Waals surface area contributed by atoms with Crippen LogP contribution >= 0.6 is 0 Å². The van der Waals surface area contributed by atoms with Crippen LogP contribution in [-0.4, -0.2) is 52.1 Å². The van der Waals surface area contributed by atoms with E-state index in [0.29, 0.717) is 17.9 Å². The van der Waals surface area contributed by atoms with Crippen molar-refractivity contribution >= 4 is 0 Å². The minimum absolute atomic E-state index is 0.187. The normalized spacial score (nSPS) is 23.2. The van der Waals surface area contributed by atoms with E-state index in [2.05, 4.69) is 21.2 Å². The van der Waals surface area contributed by atoms with Crippen molar-refractivity contribution in [3.8, 4) is 5.88 Å². The van der Waals surface area contributed by atoms with Crippen LogP contribution < -0.4 is 4.74 Å². The van der Waals surface area contributed by atoms with Crippen molar-refractivity contribution in [2.45, 2.75) is 31.9 Å². The van der Waals surface area contributed by atoms with E-state index in [-0.39, 0.29) is 6.10 Å². The van der Waals surface area contributed by atoms with Gasteiger partial charge in [-0.1, -0.05) is 6.07 Å². The molecule has 0 saturated carbocycles. The zero-order chi connectivity index (χ0) is 17.1. The molecule has 0 unspecified atom stereocenters. The fourth-order valence-corrected chi connectivity index (χ4v) is 3.96. The van der Waals surface area contributed by atoms with E-state index in [1.165, 1.54) is 18.4 Å². The van der Waals surface area contributed by atoms with E-state index >= 15 is 0 Å². The van der Waals surface area contributed by atoms with E-state index in [4.69, 9.17) is 9.47 Å². The van der Waals surface area contributed by atoms with Crippen molar-refractivity contribution in [1.29, 1.82) is 0 Å². The number of piperidine rings is 1. The first-order valence-electron chi connectivity index (χ1n) is 9.06. The van der Waals surface area contributed by atoms with Crippen LogP contribution in [0.1, 0.15) is 24.8 Å². The summed E-state index contributed by atoms with van der Waals surface area (Å²) in [5.74, 6) is 0.679. The zero-order valence-corrected chi connectivity index (χ0v) is 14.8. The highest BCUT2D eigenvalue weighted by atomic mass is 16.5. The van der Waals surface area contributed by atoms with Gasteiger partial charge in [0.2, 0.25) is 5.88 Å². The van der Waals surface area contributed by atoms with Crippen molar-refractivity contribution in [1.82, 2.24) is 19.7 Å². The fourth-order valence-electron chi connectivity index (χ4n) is 3.96. The molecule has 4 heterocycles. The molecule has 0 aromatic carbocycles. The Hall–Kier alpha value is -1.92. The van der Waals surface area contributed by atoms with Gasteiger partial charge in [0.1, 0.15) is 6.61 Å². The molecule has 6 heteroatoms. The van der Waals surface area contributed by atoms with E-state index < -0.39 is 0 Å². The lowest BCUT2D eigenvalue weighted by atomic mass is 9.76. The average molecular weight is 342 g/mol. The van der Waals surface area contributed by atoms with Gasteiger partial charge in [0.05, 0.1) is 18.9 Å². The molecule has 2 aliphatic heterocycles. The molecule has 25 heavy (non-hydrogen) atoms. The quantitative estimate of drug-likeness (QED) is 0.834. The van der Waals surface area contributed by atoms with Crippen molar-refractivity contribution in [2.24, 2.45) is 12.5 Å². The molecule has 4 rings (SSSR count). The first-order valence-corrected chi connectivity index (χ1v) is 9.06. The topological polar surface area (TPSA) is 52.4 Å². The standard InChI is InChI=1S/C19H26N4O2/c1-22-12-16(11-21-22)13-23-8-5-19(6-9-23)10-17(25-15-19)14-24-18-4-2-3-7-20-18/h2-4,7,11-12,17H,5-6,8-10,13-15H2,1H3/t17-/m0/s1. The molecule has 0 N–H and O–H groups in total. The third-order valence-electron chi connectivity index (χ3n) is 5.42. The van der Waals surface area contributed by atoms with Crippen LogP contribution in [-0.2, 0) is 18.3 Å². The van der Waals surface area contributed by atoms with Gasteiger partial charge in [-0.15, -0.1) is 0 Å². The van der Waals surface area contributed by atoms with Crippen LogP contribution in [0.3, 0.4) is 0 Å². The lowest BCUT2D eigenvalue weighted by Gasteiger charge is -2.38. The summed E-state index contributed by atoms with van der Waals surface area (Å²) in [6.07, 6.45) is 9.51. The van der Waals surface area contributed by atoms with Gasteiger partial charge in [-0.3, -0.25) is 9.58 Å². The molecule has 0 amide bonds. The number of likely N-dealkylation sites (tertiary alicyclic amines) is 1. The van der Waals surface area contributed by atoms with E-state index in [1.54, 1.807) is 6.20 Å². The number of rotatable bonds is 5. The van der Waals surface area contributed by atoms with Crippen LogP contribution in [0.4, 0.5) is 0 Å². The molecule has 2 aliphatic rings. The highest BCUT2D eigenvalue weighted by molar-refractivity contribution is 5.09. The molecule has 6 nitrogen and oxygen atoms in total. The number of aryl methyl sites for hydroxylation is 1. The highest BCUT2D eigenvalue weighted by Crippen LogP contribution is 2.42. The molecule has 0 radical (unpaired) electrons. The summed E-state index contributed by atoms with van der Waals surface area (Å²) in [6.45, 7) is 4.72. The minimum atomic E-state index is 0.187. The number of aromatic nitrogens is 3. The Morgan fingerprint density at radius 2 is 2.20 bits per heavy atom. The summed E-state index contributed by atoms with van der Waals surface area (Å²) in [5, 5.41) is 4.26. The van der Waals surface area contributed by atoms with E-state index in [0.717, 1.165) is 32.7 Å². The van der Waals surface area contributed by atoms with Crippen molar-refractivity contribution < 1.29 is 9.47 Å². The largest absolute Gasteiger partial charge is 0.475 e. The number of ether oxygens (including phenoxy) is 2. The molecular formula is C19H26N4O2. The second-order valence-corrected chi connectivity index (χ2v) is 7.41. The summed E-state index contributed by atoms with van der Waals surface area (Å²) in [5.41, 5.74) is 1.63. The Morgan fingerprint density at radius 3 is 2.92 bits per heavy atom. The van der Waals surface area contributed by atoms with Crippen LogP contribution in [0.25, 0.3) is 0 Å². The molecule has 2 aromatic rings. The maximum atomic E-state index is 6.04. The molecule has 2 saturated heterocycles. The van der Waals surface area contributed by atoms with Crippen molar-refractivity contribution in [3.05, 3.63) is 42.4 Å². The van der Waals surface area contributed by atoms with Crippen LogP contribution in [0.15, 0.2) is 36.8 Å². The third-order valence-corrected chi connectivity index (χ3v) is 5.42. The Kier molecular flexibility index (Phi) is 4.72. The van der Waals surface area contributed by atoms with Gasteiger partial charge >= 0.3 is 0 Å². The number of hydrogen-bond acceptors (Lipinski definition) is 5. The van der Waals surface area contributed by atoms with E-state index in [1.807, 2.05) is 36.1 Å². The highest BCUT2D eigenvalue weighted by Gasteiger charge is 2.42. The maximum absolute atomic E-state index is 6.04. The third kappa shape index (κ3) is 4.02.